The predicted molar refractivity (Wildman–Crippen MR) is 64.3 cm³/mol. The van der Waals surface area contributed by atoms with Crippen LogP contribution in [-0.2, 0) is 7.05 Å². The number of hydrogen-bond acceptors (Lipinski definition) is 1. The summed E-state index contributed by atoms with van der Waals surface area (Å²) in [4.78, 5) is 4.77. The van der Waals surface area contributed by atoms with E-state index in [9.17, 15) is 0 Å². The fourth-order valence-electron chi connectivity index (χ4n) is 2.12. The lowest BCUT2D eigenvalue weighted by Gasteiger charge is -1.95. The fraction of sp³-hybridized carbons (Fsp3) is 0.250. The number of fused-ring (bicyclic) bond motifs is 3. The third-order valence-electron chi connectivity index (χ3n) is 2.85. The smallest absolute Gasteiger partial charge is 0.248 e. The van der Waals surface area contributed by atoms with Gasteiger partial charge in [-0.05, 0) is 30.4 Å². The van der Waals surface area contributed by atoms with E-state index in [2.05, 4.69) is 48.6 Å². The first-order valence-corrected chi connectivity index (χ1v) is 5.86. The van der Waals surface area contributed by atoms with Crippen molar-refractivity contribution in [2.45, 2.75) is 13.8 Å². The van der Waals surface area contributed by atoms with Gasteiger partial charge in [-0.15, -0.1) is 0 Å². The first kappa shape index (κ1) is 8.92. The van der Waals surface area contributed by atoms with E-state index in [1.807, 2.05) is 11.3 Å². The average Bonchev–Trinajstić information content (AvgIpc) is 2.67. The van der Waals surface area contributed by atoms with Crippen LogP contribution in [0.5, 0.6) is 0 Å². The molecule has 0 radical (unpaired) electrons. The van der Waals surface area contributed by atoms with Crippen molar-refractivity contribution < 1.29 is 4.98 Å². The molecular formula is C12H13N2S+. The van der Waals surface area contributed by atoms with Crippen molar-refractivity contribution in [2.24, 2.45) is 7.05 Å². The summed E-state index contributed by atoms with van der Waals surface area (Å²) < 4.78 is 2.26. The Morgan fingerprint density at radius 3 is 2.87 bits per heavy atom. The average molecular weight is 217 g/mol. The van der Waals surface area contributed by atoms with E-state index in [-0.39, 0.29) is 0 Å². The second-order valence-corrected chi connectivity index (χ2v) is 5.25. The fourth-order valence-corrected chi connectivity index (χ4v) is 3.06. The Kier molecular flexibility index (Phi) is 1.68. The zero-order valence-electron chi connectivity index (χ0n) is 9.09. The molecule has 0 saturated carbocycles. The molecule has 15 heavy (non-hydrogen) atoms. The summed E-state index contributed by atoms with van der Waals surface area (Å²) in [6.45, 7) is 4.25. The number of rotatable bonds is 0. The van der Waals surface area contributed by atoms with Crippen molar-refractivity contribution in [2.75, 3.05) is 0 Å². The number of nitrogens with zero attached hydrogens (tertiary/aromatic N) is 1. The van der Waals surface area contributed by atoms with E-state index < -0.39 is 0 Å². The molecule has 1 N–H and O–H groups in total. The molecule has 3 heteroatoms. The van der Waals surface area contributed by atoms with Crippen LogP contribution in [0.2, 0.25) is 0 Å². The van der Waals surface area contributed by atoms with E-state index in [0.29, 0.717) is 0 Å². The second kappa shape index (κ2) is 2.83. The molecule has 0 amide bonds. The van der Waals surface area contributed by atoms with Gasteiger partial charge in [-0.25, -0.2) is 0 Å². The summed E-state index contributed by atoms with van der Waals surface area (Å²) in [7, 11) is 2.13. The van der Waals surface area contributed by atoms with Gasteiger partial charge in [0.2, 0.25) is 10.5 Å². The van der Waals surface area contributed by atoms with Gasteiger partial charge in [-0.1, -0.05) is 11.6 Å². The Bertz CT molecular complexity index is 661. The number of aryl methyl sites for hydroxylation is 3. The summed E-state index contributed by atoms with van der Waals surface area (Å²) in [6, 6.07) is 6.61. The molecule has 0 bridgehead atoms. The van der Waals surface area contributed by atoms with E-state index in [4.69, 9.17) is 0 Å². The maximum Gasteiger partial charge on any atom is 0.248 e. The van der Waals surface area contributed by atoms with Crippen LogP contribution < -0.4 is 4.98 Å². The Morgan fingerprint density at radius 1 is 1.27 bits per heavy atom. The number of hydrogen-bond donors (Lipinski definition) is 0. The maximum atomic E-state index is 3.45. The first-order valence-electron chi connectivity index (χ1n) is 5.04. The summed E-state index contributed by atoms with van der Waals surface area (Å²) in [5, 5.41) is 2.59. The van der Waals surface area contributed by atoms with Crippen molar-refractivity contribution in [3.63, 3.8) is 0 Å². The van der Waals surface area contributed by atoms with E-state index in [0.717, 1.165) is 0 Å². The lowest BCUT2D eigenvalue weighted by atomic mass is 10.2. The van der Waals surface area contributed by atoms with Crippen LogP contribution in [-0.4, -0.2) is 4.57 Å². The Labute approximate surface area is 92.2 Å². The highest BCUT2D eigenvalue weighted by molar-refractivity contribution is 7.17. The highest BCUT2D eigenvalue weighted by Crippen LogP contribution is 2.29. The van der Waals surface area contributed by atoms with Gasteiger partial charge in [0.15, 0.2) is 4.83 Å². The van der Waals surface area contributed by atoms with Gasteiger partial charge in [0, 0.05) is 14.0 Å². The number of aromatic nitrogens is 2. The van der Waals surface area contributed by atoms with E-state index >= 15 is 0 Å². The topological polar surface area (TPSA) is 19.1 Å². The number of benzene rings is 1. The van der Waals surface area contributed by atoms with Gasteiger partial charge >= 0.3 is 0 Å². The standard InChI is InChI=1S/C12H12N2S/c1-7-4-5-10-9(6-7)11-12(14(10)3)15-8(2)13-11/h4-6H,1-3H3/p+1. The van der Waals surface area contributed by atoms with E-state index in [1.165, 1.54) is 31.8 Å². The van der Waals surface area contributed by atoms with Gasteiger partial charge < -0.3 is 4.57 Å². The molecule has 76 valence electrons. The highest BCUT2D eigenvalue weighted by Gasteiger charge is 2.17. The van der Waals surface area contributed by atoms with Gasteiger partial charge in [-0.3, -0.25) is 0 Å². The molecule has 0 spiro atoms. The zero-order chi connectivity index (χ0) is 10.6. The minimum Gasteiger partial charge on any atom is -0.330 e. The van der Waals surface area contributed by atoms with Crippen LogP contribution in [0.25, 0.3) is 21.3 Å². The largest absolute Gasteiger partial charge is 0.330 e. The molecule has 2 nitrogen and oxygen atoms in total. The minimum absolute atomic E-state index is 1.26. The van der Waals surface area contributed by atoms with Crippen molar-refractivity contribution in [3.8, 4) is 0 Å². The zero-order valence-corrected chi connectivity index (χ0v) is 9.90. The van der Waals surface area contributed by atoms with Crippen LogP contribution in [0.1, 0.15) is 10.6 Å². The van der Waals surface area contributed by atoms with Crippen LogP contribution >= 0.6 is 11.3 Å². The Morgan fingerprint density at radius 2 is 2.07 bits per heavy atom. The third-order valence-corrected chi connectivity index (χ3v) is 3.93. The predicted octanol–water partition coefficient (Wildman–Crippen LogP) is 2.82. The molecule has 3 rings (SSSR count). The molecule has 3 aromatic rings. The first-order chi connectivity index (χ1) is 7.16. The van der Waals surface area contributed by atoms with Crippen LogP contribution in [0.15, 0.2) is 18.2 Å². The molecule has 2 heterocycles. The number of aromatic amines is 1. The summed E-state index contributed by atoms with van der Waals surface area (Å²) in [5.41, 5.74) is 3.89. The monoisotopic (exact) mass is 217 g/mol. The van der Waals surface area contributed by atoms with Crippen molar-refractivity contribution in [1.82, 2.24) is 4.57 Å². The van der Waals surface area contributed by atoms with Crippen molar-refractivity contribution >= 4 is 32.6 Å². The third kappa shape index (κ3) is 1.13. The molecule has 0 unspecified atom stereocenters. The molecule has 0 aliphatic carbocycles. The van der Waals surface area contributed by atoms with Gasteiger partial charge in [-0.2, -0.15) is 4.98 Å². The second-order valence-electron chi connectivity index (χ2n) is 4.04. The van der Waals surface area contributed by atoms with Gasteiger partial charge in [0.25, 0.3) is 0 Å². The van der Waals surface area contributed by atoms with Gasteiger partial charge in [0.1, 0.15) is 0 Å². The minimum atomic E-state index is 1.26. The normalized spacial score (nSPS) is 11.7. The SMILES string of the molecule is Cc1ccc2c(c1)c1[nH+]c(C)sc1n2C. The molecule has 0 aliphatic rings. The molecule has 0 saturated heterocycles. The van der Waals surface area contributed by atoms with Crippen molar-refractivity contribution in [1.29, 1.82) is 0 Å². The Balaban J connectivity index is 2.60. The maximum absolute atomic E-state index is 3.45. The molecule has 0 fully saturated rings. The quantitative estimate of drug-likeness (QED) is 0.551. The Hall–Kier alpha value is -1.35. The molecular weight excluding hydrogens is 204 g/mol. The lowest BCUT2D eigenvalue weighted by molar-refractivity contribution is -0.346. The highest BCUT2D eigenvalue weighted by atomic mass is 32.1. The summed E-state index contributed by atoms with van der Waals surface area (Å²) >= 11 is 1.82. The van der Waals surface area contributed by atoms with Crippen molar-refractivity contribution in [3.05, 3.63) is 28.8 Å². The molecule has 2 aromatic heterocycles. The van der Waals surface area contributed by atoms with Crippen LogP contribution in [0.3, 0.4) is 0 Å². The number of nitrogens with one attached hydrogen (secondary N) is 1. The summed E-state index contributed by atoms with van der Waals surface area (Å²) in [5.74, 6) is 0. The number of H-pyrrole nitrogens is 1. The summed E-state index contributed by atoms with van der Waals surface area (Å²) in [6.07, 6.45) is 0. The van der Waals surface area contributed by atoms with Crippen LogP contribution in [0, 0.1) is 13.8 Å². The van der Waals surface area contributed by atoms with E-state index in [1.54, 1.807) is 0 Å². The van der Waals surface area contributed by atoms with Gasteiger partial charge in [0.05, 0.1) is 10.9 Å². The van der Waals surface area contributed by atoms with Crippen LogP contribution in [0.4, 0.5) is 0 Å². The molecule has 1 aromatic carbocycles. The molecule has 0 aliphatic heterocycles. The number of thiazole rings is 1. The lowest BCUT2D eigenvalue weighted by Crippen LogP contribution is -1.99. The molecule has 0 atom stereocenters.